The van der Waals surface area contributed by atoms with Gasteiger partial charge in [-0.15, -0.1) is 0 Å². The molecule has 0 saturated heterocycles. The normalized spacial score (nSPS) is 11.9. The Morgan fingerprint density at radius 1 is 1.38 bits per heavy atom. The van der Waals surface area contributed by atoms with Gasteiger partial charge in [0, 0.05) is 11.7 Å². The van der Waals surface area contributed by atoms with Crippen LogP contribution in [0.25, 0.3) is 0 Å². The third-order valence-electron chi connectivity index (χ3n) is 2.41. The Morgan fingerprint density at radius 3 is 2.62 bits per heavy atom. The molecule has 16 heavy (non-hydrogen) atoms. The highest BCUT2D eigenvalue weighted by Crippen LogP contribution is 2.12. The van der Waals surface area contributed by atoms with Crippen molar-refractivity contribution >= 4 is 12.2 Å². The Balaban J connectivity index is 2.47. The van der Waals surface area contributed by atoms with Crippen LogP contribution in [-0.4, -0.2) is 12.5 Å². The van der Waals surface area contributed by atoms with Crippen LogP contribution in [0.1, 0.15) is 32.3 Å². The second-order valence-corrected chi connectivity index (χ2v) is 3.94. The Kier molecular flexibility index (Phi) is 5.40. The van der Waals surface area contributed by atoms with E-state index in [1.807, 2.05) is 24.3 Å². The molecule has 1 atom stereocenters. The Morgan fingerprint density at radius 2 is 2.06 bits per heavy atom. The minimum atomic E-state index is 0.342. The van der Waals surface area contributed by atoms with Crippen LogP contribution < -0.4 is 5.32 Å². The zero-order valence-corrected chi connectivity index (χ0v) is 9.90. The summed E-state index contributed by atoms with van der Waals surface area (Å²) in [5, 5.41) is 3.42. The molecular weight excluding hydrogens is 202 g/mol. The lowest BCUT2D eigenvalue weighted by atomic mass is 10.1. The lowest BCUT2D eigenvalue weighted by Crippen LogP contribution is -2.14. The van der Waals surface area contributed by atoms with Crippen LogP contribution in [0.5, 0.6) is 0 Å². The average Bonchev–Trinajstić information content (AvgIpc) is 2.28. The van der Waals surface area contributed by atoms with Crippen LogP contribution in [0.2, 0.25) is 0 Å². The smallest absolute Gasteiger partial charge is 0.293 e. The van der Waals surface area contributed by atoms with Crippen molar-refractivity contribution in [2.45, 2.75) is 39.3 Å². The fourth-order valence-electron chi connectivity index (χ4n) is 1.62. The predicted molar refractivity (Wildman–Crippen MR) is 65.3 cm³/mol. The standard InChI is InChI=1S/C13H19NO2/c1-3-4-11(2)14-13-7-5-12(6-8-13)9-16-10-15/h5-8,10-11,14H,3-4,9H2,1-2H3. The lowest BCUT2D eigenvalue weighted by molar-refractivity contribution is -0.129. The Labute approximate surface area is 96.8 Å². The summed E-state index contributed by atoms with van der Waals surface area (Å²) in [5.41, 5.74) is 2.11. The van der Waals surface area contributed by atoms with E-state index in [1.54, 1.807) is 0 Å². The highest BCUT2D eigenvalue weighted by atomic mass is 16.5. The summed E-state index contributed by atoms with van der Waals surface area (Å²) in [6.07, 6.45) is 2.34. The average molecular weight is 221 g/mol. The van der Waals surface area contributed by atoms with Crippen molar-refractivity contribution in [2.75, 3.05) is 5.32 Å². The van der Waals surface area contributed by atoms with Crippen molar-refractivity contribution < 1.29 is 9.53 Å². The van der Waals surface area contributed by atoms with Gasteiger partial charge in [-0.3, -0.25) is 4.79 Å². The fourth-order valence-corrected chi connectivity index (χ4v) is 1.62. The molecule has 0 aromatic heterocycles. The van der Waals surface area contributed by atoms with Gasteiger partial charge in [0.05, 0.1) is 0 Å². The largest absolute Gasteiger partial charge is 0.463 e. The molecular formula is C13H19NO2. The van der Waals surface area contributed by atoms with Gasteiger partial charge >= 0.3 is 0 Å². The van der Waals surface area contributed by atoms with Gasteiger partial charge in [-0.1, -0.05) is 25.5 Å². The molecule has 0 aliphatic heterocycles. The molecule has 0 saturated carbocycles. The molecule has 0 amide bonds. The summed E-state index contributed by atoms with van der Waals surface area (Å²) in [6, 6.07) is 8.43. The van der Waals surface area contributed by atoms with E-state index in [2.05, 4.69) is 23.9 Å². The van der Waals surface area contributed by atoms with Crippen molar-refractivity contribution in [3.8, 4) is 0 Å². The fraction of sp³-hybridized carbons (Fsp3) is 0.462. The number of nitrogens with one attached hydrogen (secondary N) is 1. The molecule has 3 heteroatoms. The van der Waals surface area contributed by atoms with E-state index >= 15 is 0 Å². The van der Waals surface area contributed by atoms with E-state index in [1.165, 1.54) is 6.42 Å². The van der Waals surface area contributed by atoms with E-state index in [0.29, 0.717) is 19.1 Å². The van der Waals surface area contributed by atoms with Crippen molar-refractivity contribution in [1.29, 1.82) is 0 Å². The van der Waals surface area contributed by atoms with Crippen molar-refractivity contribution in [2.24, 2.45) is 0 Å². The van der Waals surface area contributed by atoms with Gasteiger partial charge in [-0.2, -0.15) is 0 Å². The quantitative estimate of drug-likeness (QED) is 0.719. The minimum absolute atomic E-state index is 0.342. The van der Waals surface area contributed by atoms with Crippen LogP contribution in [-0.2, 0) is 16.1 Å². The van der Waals surface area contributed by atoms with Crippen LogP contribution in [0.15, 0.2) is 24.3 Å². The minimum Gasteiger partial charge on any atom is -0.463 e. The molecule has 88 valence electrons. The van der Waals surface area contributed by atoms with Gasteiger partial charge in [-0.25, -0.2) is 0 Å². The highest BCUT2D eigenvalue weighted by Gasteiger charge is 2.00. The van der Waals surface area contributed by atoms with E-state index in [4.69, 9.17) is 0 Å². The number of hydrogen-bond donors (Lipinski definition) is 1. The second-order valence-electron chi connectivity index (χ2n) is 3.94. The topological polar surface area (TPSA) is 38.3 Å². The number of carbonyl (C=O) groups excluding carboxylic acids is 1. The summed E-state index contributed by atoms with van der Waals surface area (Å²) < 4.78 is 4.68. The summed E-state index contributed by atoms with van der Waals surface area (Å²) in [7, 11) is 0. The summed E-state index contributed by atoms with van der Waals surface area (Å²) in [4.78, 5) is 10.0. The van der Waals surface area contributed by atoms with E-state index in [0.717, 1.165) is 17.7 Å². The van der Waals surface area contributed by atoms with Gasteiger partial charge in [0.15, 0.2) is 0 Å². The first kappa shape index (κ1) is 12.6. The van der Waals surface area contributed by atoms with Crippen LogP contribution in [0.3, 0.4) is 0 Å². The van der Waals surface area contributed by atoms with E-state index in [-0.39, 0.29) is 0 Å². The van der Waals surface area contributed by atoms with Crippen molar-refractivity contribution in [1.82, 2.24) is 0 Å². The van der Waals surface area contributed by atoms with Crippen molar-refractivity contribution in [3.05, 3.63) is 29.8 Å². The molecule has 0 heterocycles. The van der Waals surface area contributed by atoms with E-state index in [9.17, 15) is 4.79 Å². The SMILES string of the molecule is CCCC(C)Nc1ccc(COC=O)cc1. The molecule has 0 spiro atoms. The molecule has 1 aromatic carbocycles. The first-order valence-corrected chi connectivity index (χ1v) is 5.67. The van der Waals surface area contributed by atoms with Crippen LogP contribution >= 0.6 is 0 Å². The molecule has 0 radical (unpaired) electrons. The molecule has 0 aliphatic rings. The molecule has 1 unspecified atom stereocenters. The van der Waals surface area contributed by atoms with Crippen LogP contribution in [0.4, 0.5) is 5.69 Å². The van der Waals surface area contributed by atoms with Gasteiger partial charge in [-0.05, 0) is 31.0 Å². The molecule has 1 rings (SSSR count). The number of rotatable bonds is 7. The first-order chi connectivity index (χ1) is 7.76. The molecule has 3 nitrogen and oxygen atoms in total. The zero-order valence-electron chi connectivity index (χ0n) is 9.90. The van der Waals surface area contributed by atoms with Crippen LogP contribution in [0, 0.1) is 0 Å². The summed E-state index contributed by atoms with van der Waals surface area (Å²) in [6.45, 7) is 5.16. The number of hydrogen-bond acceptors (Lipinski definition) is 3. The van der Waals surface area contributed by atoms with Gasteiger partial charge in [0.1, 0.15) is 6.61 Å². The van der Waals surface area contributed by atoms with Crippen molar-refractivity contribution in [3.63, 3.8) is 0 Å². The molecule has 1 aromatic rings. The monoisotopic (exact) mass is 221 g/mol. The first-order valence-electron chi connectivity index (χ1n) is 5.67. The maximum absolute atomic E-state index is 10.0. The maximum atomic E-state index is 10.0. The maximum Gasteiger partial charge on any atom is 0.293 e. The Bertz CT molecular complexity index is 308. The number of benzene rings is 1. The van der Waals surface area contributed by atoms with E-state index < -0.39 is 0 Å². The molecule has 0 bridgehead atoms. The predicted octanol–water partition coefficient (Wildman–Crippen LogP) is 2.96. The molecule has 1 N–H and O–H groups in total. The zero-order chi connectivity index (χ0) is 11.8. The summed E-state index contributed by atoms with van der Waals surface area (Å²) >= 11 is 0. The highest BCUT2D eigenvalue weighted by molar-refractivity contribution is 5.45. The second kappa shape index (κ2) is 6.88. The van der Waals surface area contributed by atoms with Gasteiger partial charge in [0.2, 0.25) is 0 Å². The third-order valence-corrected chi connectivity index (χ3v) is 2.41. The number of anilines is 1. The Hall–Kier alpha value is -1.51. The summed E-state index contributed by atoms with van der Waals surface area (Å²) in [5.74, 6) is 0. The number of carbonyl (C=O) groups is 1. The lowest BCUT2D eigenvalue weighted by Gasteiger charge is -2.14. The molecule has 0 aliphatic carbocycles. The molecule has 0 fully saturated rings. The third kappa shape index (κ3) is 4.34. The van der Waals surface area contributed by atoms with Gasteiger partial charge < -0.3 is 10.1 Å². The number of ether oxygens (including phenoxy) is 1. The van der Waals surface area contributed by atoms with Gasteiger partial charge in [0.25, 0.3) is 6.47 Å².